The highest BCUT2D eigenvalue weighted by Crippen LogP contribution is 2.25. The highest BCUT2D eigenvalue weighted by Gasteiger charge is 2.09. The minimum atomic E-state index is -0.0496. The van der Waals surface area contributed by atoms with E-state index in [1.807, 2.05) is 54.4 Å². The lowest BCUT2D eigenvalue weighted by Crippen LogP contribution is -2.17. The molecule has 124 valence electrons. The highest BCUT2D eigenvalue weighted by molar-refractivity contribution is 6.35. The van der Waals surface area contributed by atoms with Crippen LogP contribution in [0.4, 0.5) is 5.69 Å². The van der Waals surface area contributed by atoms with Crippen LogP contribution in [0.15, 0.2) is 59.4 Å². The van der Waals surface area contributed by atoms with Crippen molar-refractivity contribution in [2.45, 2.75) is 13.1 Å². The molecule has 0 aliphatic rings. The van der Waals surface area contributed by atoms with Gasteiger partial charge in [0.25, 0.3) is 5.56 Å². The molecule has 0 saturated carbocycles. The van der Waals surface area contributed by atoms with Gasteiger partial charge in [0, 0.05) is 28.8 Å². The molecule has 4 nitrogen and oxygen atoms in total. The SMILES string of the molecule is CN(Cc1cc(=O)n(Cc2ccccc2)[nH]1)c1cc(Cl)cc(Cl)c1. The van der Waals surface area contributed by atoms with Crippen molar-refractivity contribution in [3.8, 4) is 0 Å². The van der Waals surface area contributed by atoms with Crippen molar-refractivity contribution < 1.29 is 0 Å². The second-order valence-corrected chi connectivity index (χ2v) is 6.55. The molecular weight excluding hydrogens is 345 g/mol. The molecule has 1 heterocycles. The Morgan fingerprint density at radius 2 is 1.71 bits per heavy atom. The summed E-state index contributed by atoms with van der Waals surface area (Å²) >= 11 is 12.1. The lowest BCUT2D eigenvalue weighted by Gasteiger charge is -2.19. The van der Waals surface area contributed by atoms with Gasteiger partial charge in [-0.25, -0.2) is 4.68 Å². The van der Waals surface area contributed by atoms with Gasteiger partial charge in [-0.3, -0.25) is 9.89 Å². The van der Waals surface area contributed by atoms with E-state index in [1.54, 1.807) is 16.8 Å². The molecule has 1 N–H and O–H groups in total. The molecule has 24 heavy (non-hydrogen) atoms. The number of H-pyrrole nitrogens is 1. The molecule has 3 rings (SSSR count). The molecule has 1 aromatic heterocycles. The lowest BCUT2D eigenvalue weighted by molar-refractivity contribution is 0.649. The molecule has 0 radical (unpaired) electrons. The predicted octanol–water partition coefficient (Wildman–Crippen LogP) is 4.17. The maximum Gasteiger partial charge on any atom is 0.267 e. The first-order valence-corrected chi connectivity index (χ1v) is 8.27. The third-order valence-electron chi connectivity index (χ3n) is 3.72. The summed E-state index contributed by atoms with van der Waals surface area (Å²) in [7, 11) is 1.93. The molecule has 0 atom stereocenters. The zero-order valence-corrected chi connectivity index (χ0v) is 14.7. The zero-order chi connectivity index (χ0) is 17.1. The van der Waals surface area contributed by atoms with Gasteiger partial charge in [-0.2, -0.15) is 0 Å². The Balaban J connectivity index is 1.76. The number of aromatic amines is 1. The van der Waals surface area contributed by atoms with Gasteiger partial charge in [0.15, 0.2) is 0 Å². The number of hydrogen-bond donors (Lipinski definition) is 1. The molecule has 0 bridgehead atoms. The Morgan fingerprint density at radius 3 is 2.38 bits per heavy atom. The van der Waals surface area contributed by atoms with Gasteiger partial charge in [0.05, 0.1) is 18.8 Å². The maximum atomic E-state index is 12.1. The number of hydrogen-bond acceptors (Lipinski definition) is 2. The molecule has 0 amide bonds. The van der Waals surface area contributed by atoms with Crippen LogP contribution in [0.1, 0.15) is 11.3 Å². The van der Waals surface area contributed by atoms with Gasteiger partial charge >= 0.3 is 0 Å². The van der Waals surface area contributed by atoms with Gasteiger partial charge in [-0.15, -0.1) is 0 Å². The Bertz CT molecular complexity index is 867. The van der Waals surface area contributed by atoms with E-state index < -0.39 is 0 Å². The van der Waals surface area contributed by atoms with Crippen molar-refractivity contribution in [1.29, 1.82) is 0 Å². The molecule has 2 aromatic carbocycles. The van der Waals surface area contributed by atoms with E-state index in [4.69, 9.17) is 23.2 Å². The fraction of sp³-hybridized carbons (Fsp3) is 0.167. The molecule has 0 unspecified atom stereocenters. The third kappa shape index (κ3) is 4.02. The zero-order valence-electron chi connectivity index (χ0n) is 13.2. The number of nitrogens with one attached hydrogen (secondary N) is 1. The van der Waals surface area contributed by atoms with Crippen LogP contribution in [-0.4, -0.2) is 16.8 Å². The number of anilines is 1. The summed E-state index contributed by atoms with van der Waals surface area (Å²) in [5.74, 6) is 0. The summed E-state index contributed by atoms with van der Waals surface area (Å²) in [6.45, 7) is 1.07. The van der Waals surface area contributed by atoms with Crippen LogP contribution in [0.5, 0.6) is 0 Å². The number of halogens is 2. The summed E-state index contributed by atoms with van der Waals surface area (Å²) in [6, 6.07) is 16.8. The van der Waals surface area contributed by atoms with Gasteiger partial charge in [0.2, 0.25) is 0 Å². The second kappa shape index (κ2) is 7.16. The van der Waals surface area contributed by atoms with Gasteiger partial charge in [-0.05, 0) is 23.8 Å². The first kappa shape index (κ1) is 16.7. The van der Waals surface area contributed by atoms with Crippen LogP contribution in [0.25, 0.3) is 0 Å². The van der Waals surface area contributed by atoms with Crippen LogP contribution >= 0.6 is 23.2 Å². The van der Waals surface area contributed by atoms with Crippen molar-refractivity contribution in [1.82, 2.24) is 9.78 Å². The molecule has 0 spiro atoms. The Hall–Kier alpha value is -2.17. The average molecular weight is 362 g/mol. The summed E-state index contributed by atoms with van der Waals surface area (Å²) in [5.41, 5.74) is 2.74. The van der Waals surface area contributed by atoms with Gasteiger partial charge in [-0.1, -0.05) is 53.5 Å². The molecule has 6 heteroatoms. The van der Waals surface area contributed by atoms with E-state index in [0.717, 1.165) is 16.9 Å². The minimum Gasteiger partial charge on any atom is -0.369 e. The Kier molecular flexibility index (Phi) is 4.97. The Labute approximate surface area is 150 Å². The van der Waals surface area contributed by atoms with Crippen LogP contribution in [-0.2, 0) is 13.1 Å². The number of benzene rings is 2. The van der Waals surface area contributed by atoms with Crippen LogP contribution in [0.2, 0.25) is 10.0 Å². The summed E-state index contributed by atoms with van der Waals surface area (Å²) in [6.07, 6.45) is 0. The topological polar surface area (TPSA) is 41.0 Å². The standard InChI is InChI=1S/C18H17Cl2N3O/c1-22(17-8-14(19)7-15(20)9-17)12-16-10-18(24)23(21-16)11-13-5-3-2-4-6-13/h2-10,21H,11-12H2,1H3. The molecule has 0 aliphatic heterocycles. The van der Waals surface area contributed by atoms with E-state index in [-0.39, 0.29) is 5.56 Å². The quantitative estimate of drug-likeness (QED) is 0.740. The van der Waals surface area contributed by atoms with Gasteiger partial charge in [0.1, 0.15) is 0 Å². The fourth-order valence-corrected chi connectivity index (χ4v) is 3.07. The van der Waals surface area contributed by atoms with Crippen molar-refractivity contribution >= 4 is 28.9 Å². The predicted molar refractivity (Wildman–Crippen MR) is 99.2 cm³/mol. The van der Waals surface area contributed by atoms with E-state index in [9.17, 15) is 4.79 Å². The first-order valence-electron chi connectivity index (χ1n) is 7.51. The average Bonchev–Trinajstić information content (AvgIpc) is 2.87. The van der Waals surface area contributed by atoms with Crippen molar-refractivity contribution in [2.75, 3.05) is 11.9 Å². The van der Waals surface area contributed by atoms with Crippen LogP contribution in [0, 0.1) is 0 Å². The normalized spacial score (nSPS) is 10.8. The van der Waals surface area contributed by atoms with Crippen LogP contribution < -0.4 is 10.5 Å². The minimum absolute atomic E-state index is 0.0496. The number of rotatable bonds is 5. The largest absolute Gasteiger partial charge is 0.369 e. The smallest absolute Gasteiger partial charge is 0.267 e. The van der Waals surface area contributed by atoms with Crippen molar-refractivity contribution in [3.63, 3.8) is 0 Å². The summed E-state index contributed by atoms with van der Waals surface area (Å²) in [4.78, 5) is 14.1. The van der Waals surface area contributed by atoms with E-state index in [2.05, 4.69) is 5.10 Å². The van der Waals surface area contributed by atoms with E-state index in [0.29, 0.717) is 23.1 Å². The monoisotopic (exact) mass is 361 g/mol. The molecule has 3 aromatic rings. The van der Waals surface area contributed by atoms with Crippen molar-refractivity contribution in [3.05, 3.63) is 86.3 Å². The van der Waals surface area contributed by atoms with E-state index in [1.165, 1.54) is 0 Å². The summed E-state index contributed by atoms with van der Waals surface area (Å²) < 4.78 is 1.60. The molecule has 0 saturated heterocycles. The number of aromatic nitrogens is 2. The maximum absolute atomic E-state index is 12.1. The lowest BCUT2D eigenvalue weighted by atomic mass is 10.2. The van der Waals surface area contributed by atoms with Gasteiger partial charge < -0.3 is 4.90 Å². The Morgan fingerprint density at radius 1 is 1.04 bits per heavy atom. The second-order valence-electron chi connectivity index (χ2n) is 5.68. The first-order chi connectivity index (χ1) is 11.5. The fourth-order valence-electron chi connectivity index (χ4n) is 2.56. The molecule has 0 aliphatic carbocycles. The number of nitrogens with zero attached hydrogens (tertiary/aromatic N) is 2. The molecular formula is C18H17Cl2N3O. The van der Waals surface area contributed by atoms with E-state index >= 15 is 0 Å². The highest BCUT2D eigenvalue weighted by atomic mass is 35.5. The molecule has 0 fully saturated rings. The van der Waals surface area contributed by atoms with Crippen LogP contribution in [0.3, 0.4) is 0 Å². The third-order valence-corrected chi connectivity index (χ3v) is 4.16. The summed E-state index contributed by atoms with van der Waals surface area (Å²) in [5, 5.41) is 4.32. The van der Waals surface area contributed by atoms with Crippen molar-refractivity contribution in [2.24, 2.45) is 0 Å².